The van der Waals surface area contributed by atoms with Crippen molar-refractivity contribution in [3.05, 3.63) is 24.5 Å². The molecule has 16 heavy (non-hydrogen) atoms. The topological polar surface area (TPSA) is 88.3 Å². The zero-order chi connectivity index (χ0) is 12.0. The number of nitrogens with zero attached hydrogens (tertiary/aromatic N) is 2. The molecule has 0 fully saturated rings. The van der Waals surface area contributed by atoms with Crippen molar-refractivity contribution in [3.63, 3.8) is 0 Å². The Kier molecular flexibility index (Phi) is 4.41. The van der Waals surface area contributed by atoms with Crippen molar-refractivity contribution in [2.45, 2.75) is 6.92 Å². The lowest BCUT2D eigenvalue weighted by atomic mass is 10.4. The summed E-state index contributed by atoms with van der Waals surface area (Å²) in [6.45, 7) is 1.75. The van der Waals surface area contributed by atoms with Crippen molar-refractivity contribution in [1.82, 2.24) is 9.88 Å². The van der Waals surface area contributed by atoms with Gasteiger partial charge in [0.05, 0.1) is 11.9 Å². The highest BCUT2D eigenvalue weighted by atomic mass is 16.2. The minimum Gasteiger partial charge on any atom is -0.329 e. The van der Waals surface area contributed by atoms with Crippen LogP contribution in [0, 0.1) is 0 Å². The first-order valence-electron chi connectivity index (χ1n) is 4.84. The molecule has 3 N–H and O–H groups in total. The second-order valence-corrected chi connectivity index (χ2v) is 3.13. The number of nitrogens with one attached hydrogen (secondary N) is 1. The summed E-state index contributed by atoms with van der Waals surface area (Å²) in [5.41, 5.74) is 5.85. The zero-order valence-electron chi connectivity index (χ0n) is 9.01. The van der Waals surface area contributed by atoms with E-state index in [4.69, 9.17) is 5.73 Å². The van der Waals surface area contributed by atoms with Gasteiger partial charge in [-0.2, -0.15) is 0 Å². The third kappa shape index (κ3) is 3.32. The summed E-state index contributed by atoms with van der Waals surface area (Å²) < 4.78 is 0. The molecule has 6 heteroatoms. The van der Waals surface area contributed by atoms with Crippen LogP contribution in [0.4, 0.5) is 10.5 Å². The second kappa shape index (κ2) is 5.82. The highest BCUT2D eigenvalue weighted by Crippen LogP contribution is 2.04. The summed E-state index contributed by atoms with van der Waals surface area (Å²) in [7, 11) is 0. The molecule has 0 saturated carbocycles. The van der Waals surface area contributed by atoms with Gasteiger partial charge in [-0.15, -0.1) is 0 Å². The van der Waals surface area contributed by atoms with Crippen molar-refractivity contribution in [2.75, 3.05) is 18.4 Å². The number of anilines is 1. The maximum atomic E-state index is 11.7. The molecule has 0 aliphatic carbocycles. The number of nitrogens with two attached hydrogens (primary N) is 1. The van der Waals surface area contributed by atoms with Crippen LogP contribution in [0.25, 0.3) is 0 Å². The van der Waals surface area contributed by atoms with E-state index in [1.807, 2.05) is 0 Å². The van der Waals surface area contributed by atoms with E-state index in [1.165, 1.54) is 13.1 Å². The molecular weight excluding hydrogens is 208 g/mol. The third-order valence-corrected chi connectivity index (χ3v) is 1.89. The standard InChI is InChI=1S/C10H14N4O2/c1-8(15)14(6-4-11)10(16)13-9-3-2-5-12-7-9/h2-3,5,7H,4,6,11H2,1H3,(H,13,16). The summed E-state index contributed by atoms with van der Waals surface area (Å²) in [6.07, 6.45) is 3.09. The minimum absolute atomic E-state index is 0.196. The monoisotopic (exact) mass is 222 g/mol. The van der Waals surface area contributed by atoms with Crippen LogP contribution in [0.2, 0.25) is 0 Å². The average Bonchev–Trinajstić information content (AvgIpc) is 2.26. The number of carbonyl (C=O) groups is 2. The highest BCUT2D eigenvalue weighted by molar-refractivity contribution is 6.00. The molecule has 3 amide bonds. The van der Waals surface area contributed by atoms with Gasteiger partial charge in [-0.3, -0.25) is 14.7 Å². The van der Waals surface area contributed by atoms with E-state index in [0.717, 1.165) is 4.90 Å². The highest BCUT2D eigenvalue weighted by Gasteiger charge is 2.16. The molecule has 0 unspecified atom stereocenters. The molecule has 0 aliphatic heterocycles. The van der Waals surface area contributed by atoms with Crippen LogP contribution in [-0.2, 0) is 4.79 Å². The van der Waals surface area contributed by atoms with Gasteiger partial charge in [0.1, 0.15) is 0 Å². The Morgan fingerprint density at radius 2 is 2.31 bits per heavy atom. The number of hydrogen-bond donors (Lipinski definition) is 2. The van der Waals surface area contributed by atoms with Gasteiger partial charge < -0.3 is 11.1 Å². The Morgan fingerprint density at radius 3 is 2.81 bits per heavy atom. The summed E-state index contributed by atoms with van der Waals surface area (Å²) in [6, 6.07) is 2.88. The molecule has 1 rings (SSSR count). The van der Waals surface area contributed by atoms with Crippen molar-refractivity contribution >= 4 is 17.6 Å². The summed E-state index contributed by atoms with van der Waals surface area (Å²) in [4.78, 5) is 27.7. The molecule has 0 saturated heterocycles. The Hall–Kier alpha value is -1.95. The first kappa shape index (κ1) is 12.1. The number of aromatic nitrogens is 1. The molecule has 6 nitrogen and oxygen atoms in total. The maximum absolute atomic E-state index is 11.7. The van der Waals surface area contributed by atoms with Crippen LogP contribution in [-0.4, -0.2) is 34.9 Å². The van der Waals surface area contributed by atoms with Crippen LogP contribution in [0.3, 0.4) is 0 Å². The van der Waals surface area contributed by atoms with E-state index in [-0.39, 0.29) is 19.0 Å². The summed E-state index contributed by atoms with van der Waals surface area (Å²) in [5, 5.41) is 2.56. The zero-order valence-corrected chi connectivity index (χ0v) is 9.01. The van der Waals surface area contributed by atoms with E-state index in [9.17, 15) is 9.59 Å². The molecule has 1 aromatic heterocycles. The molecular formula is C10H14N4O2. The van der Waals surface area contributed by atoms with Crippen LogP contribution >= 0.6 is 0 Å². The van der Waals surface area contributed by atoms with Crippen LogP contribution < -0.4 is 11.1 Å². The first-order valence-corrected chi connectivity index (χ1v) is 4.84. The van der Waals surface area contributed by atoms with Gasteiger partial charge in [-0.25, -0.2) is 4.79 Å². The Labute approximate surface area is 93.4 Å². The number of imide groups is 1. The lowest BCUT2D eigenvalue weighted by Gasteiger charge is -2.18. The molecule has 0 spiro atoms. The number of carbonyl (C=O) groups excluding carboxylic acids is 2. The Morgan fingerprint density at radius 1 is 1.56 bits per heavy atom. The molecule has 1 aromatic rings. The van der Waals surface area contributed by atoms with Crippen LogP contribution in [0.5, 0.6) is 0 Å². The van der Waals surface area contributed by atoms with Gasteiger partial charge in [0.2, 0.25) is 5.91 Å². The number of amides is 3. The van der Waals surface area contributed by atoms with Crippen molar-refractivity contribution in [3.8, 4) is 0 Å². The first-order chi connectivity index (χ1) is 7.65. The van der Waals surface area contributed by atoms with Crippen LogP contribution in [0.1, 0.15) is 6.92 Å². The van der Waals surface area contributed by atoms with Crippen molar-refractivity contribution in [2.24, 2.45) is 5.73 Å². The molecule has 0 aromatic carbocycles. The van der Waals surface area contributed by atoms with E-state index in [2.05, 4.69) is 10.3 Å². The van der Waals surface area contributed by atoms with Gasteiger partial charge in [0, 0.05) is 26.2 Å². The number of pyridine rings is 1. The quantitative estimate of drug-likeness (QED) is 0.775. The summed E-state index contributed by atoms with van der Waals surface area (Å²) in [5.74, 6) is -0.341. The minimum atomic E-state index is -0.494. The second-order valence-electron chi connectivity index (χ2n) is 3.13. The lowest BCUT2D eigenvalue weighted by Crippen LogP contribution is -2.41. The van der Waals surface area contributed by atoms with E-state index in [0.29, 0.717) is 5.69 Å². The third-order valence-electron chi connectivity index (χ3n) is 1.89. The maximum Gasteiger partial charge on any atom is 0.328 e. The molecule has 0 bridgehead atoms. The summed E-state index contributed by atoms with van der Waals surface area (Å²) >= 11 is 0. The smallest absolute Gasteiger partial charge is 0.328 e. The number of hydrogen-bond acceptors (Lipinski definition) is 4. The van der Waals surface area contributed by atoms with Crippen molar-refractivity contribution in [1.29, 1.82) is 0 Å². The molecule has 86 valence electrons. The fourth-order valence-electron chi connectivity index (χ4n) is 1.16. The predicted molar refractivity (Wildman–Crippen MR) is 59.7 cm³/mol. The average molecular weight is 222 g/mol. The number of urea groups is 1. The van der Waals surface area contributed by atoms with Gasteiger partial charge in [0.25, 0.3) is 0 Å². The predicted octanol–water partition coefficient (Wildman–Crippen LogP) is 0.421. The van der Waals surface area contributed by atoms with Crippen LogP contribution in [0.15, 0.2) is 24.5 Å². The lowest BCUT2D eigenvalue weighted by molar-refractivity contribution is -0.125. The molecule has 0 atom stereocenters. The normalized spacial score (nSPS) is 9.62. The van der Waals surface area contributed by atoms with E-state index >= 15 is 0 Å². The molecule has 0 aliphatic rings. The van der Waals surface area contributed by atoms with Gasteiger partial charge in [0.15, 0.2) is 0 Å². The van der Waals surface area contributed by atoms with E-state index < -0.39 is 6.03 Å². The van der Waals surface area contributed by atoms with Gasteiger partial charge >= 0.3 is 6.03 Å². The Balaban J connectivity index is 2.66. The SMILES string of the molecule is CC(=O)N(CCN)C(=O)Nc1cccnc1. The van der Waals surface area contributed by atoms with Gasteiger partial charge in [-0.05, 0) is 12.1 Å². The van der Waals surface area contributed by atoms with E-state index in [1.54, 1.807) is 18.3 Å². The van der Waals surface area contributed by atoms with Gasteiger partial charge in [-0.1, -0.05) is 0 Å². The fraction of sp³-hybridized carbons (Fsp3) is 0.300. The Bertz CT molecular complexity index is 366. The number of rotatable bonds is 3. The van der Waals surface area contributed by atoms with Crippen molar-refractivity contribution < 1.29 is 9.59 Å². The largest absolute Gasteiger partial charge is 0.329 e. The molecule has 1 heterocycles. The molecule has 0 radical (unpaired) electrons. The fourth-order valence-corrected chi connectivity index (χ4v) is 1.16.